The van der Waals surface area contributed by atoms with Crippen molar-refractivity contribution >= 4 is 22.3 Å². The number of anilines is 1. The summed E-state index contributed by atoms with van der Waals surface area (Å²) in [4.78, 5) is 17.6. The van der Waals surface area contributed by atoms with Crippen molar-refractivity contribution in [2.24, 2.45) is 5.92 Å². The second kappa shape index (κ2) is 5.07. The van der Waals surface area contributed by atoms with Gasteiger partial charge >= 0.3 is 5.69 Å². The summed E-state index contributed by atoms with van der Waals surface area (Å²) in [6.45, 7) is 3.96. The van der Waals surface area contributed by atoms with Gasteiger partial charge in [0.25, 0.3) is 0 Å². The summed E-state index contributed by atoms with van der Waals surface area (Å²) in [6, 6.07) is 7.23. The Kier molecular flexibility index (Phi) is 3.26. The number of rotatable bonds is 2. The third kappa shape index (κ3) is 2.19. The molecule has 1 fully saturated rings. The predicted octanol–water partition coefficient (Wildman–Crippen LogP) is 3.38. The molecule has 104 valence electrons. The summed E-state index contributed by atoms with van der Waals surface area (Å²) in [5.41, 5.74) is 1.58. The van der Waals surface area contributed by atoms with Crippen LogP contribution in [0.5, 0.6) is 0 Å². The highest BCUT2D eigenvalue weighted by Crippen LogP contribution is 2.36. The maximum absolute atomic E-state index is 11.5. The van der Waals surface area contributed by atoms with E-state index in [2.05, 4.69) is 16.8 Å². The van der Waals surface area contributed by atoms with Crippen molar-refractivity contribution < 1.29 is 4.92 Å². The van der Waals surface area contributed by atoms with Gasteiger partial charge in [-0.25, -0.2) is 0 Å². The first-order valence-corrected chi connectivity index (χ1v) is 6.94. The molecule has 1 atom stereocenters. The van der Waals surface area contributed by atoms with Gasteiger partial charge in [0.2, 0.25) is 0 Å². The lowest BCUT2D eigenvalue weighted by Crippen LogP contribution is -2.34. The van der Waals surface area contributed by atoms with E-state index in [9.17, 15) is 10.1 Å². The molecule has 0 bridgehead atoms. The molecule has 3 rings (SSSR count). The Morgan fingerprint density at radius 3 is 3.00 bits per heavy atom. The van der Waals surface area contributed by atoms with Gasteiger partial charge in [-0.3, -0.25) is 15.1 Å². The first-order valence-electron chi connectivity index (χ1n) is 6.94. The van der Waals surface area contributed by atoms with Crippen molar-refractivity contribution in [3.05, 3.63) is 40.6 Å². The van der Waals surface area contributed by atoms with Gasteiger partial charge in [-0.15, -0.1) is 0 Å². The maximum atomic E-state index is 11.5. The number of pyridine rings is 1. The highest BCUT2D eigenvalue weighted by Gasteiger charge is 2.26. The molecule has 5 heteroatoms. The van der Waals surface area contributed by atoms with Crippen molar-refractivity contribution in [3.8, 4) is 0 Å². The highest BCUT2D eigenvalue weighted by molar-refractivity contribution is 5.94. The summed E-state index contributed by atoms with van der Waals surface area (Å²) in [7, 11) is 0. The normalized spacial score (nSPS) is 19.2. The molecular weight excluding hydrogens is 254 g/mol. The van der Waals surface area contributed by atoms with Gasteiger partial charge in [0.15, 0.2) is 0 Å². The first kappa shape index (κ1) is 12.8. The van der Waals surface area contributed by atoms with Gasteiger partial charge in [-0.2, -0.15) is 0 Å². The number of aromatic nitrogens is 1. The third-order valence-corrected chi connectivity index (χ3v) is 3.92. The zero-order valence-corrected chi connectivity index (χ0v) is 11.5. The number of benzene rings is 1. The Bertz CT molecular complexity index is 657. The van der Waals surface area contributed by atoms with Gasteiger partial charge in [0, 0.05) is 19.3 Å². The first-order chi connectivity index (χ1) is 9.66. The molecule has 1 aliphatic heterocycles. The SMILES string of the molecule is C[C@@H]1CCCN(c2ccc3ncccc3c2[N+](=O)[O-])C1. The Hall–Kier alpha value is -2.17. The summed E-state index contributed by atoms with van der Waals surface area (Å²) in [5, 5.41) is 12.1. The van der Waals surface area contributed by atoms with Crippen molar-refractivity contribution in [2.45, 2.75) is 19.8 Å². The lowest BCUT2D eigenvalue weighted by molar-refractivity contribution is -0.382. The van der Waals surface area contributed by atoms with Gasteiger partial charge in [0.1, 0.15) is 5.69 Å². The van der Waals surface area contributed by atoms with Crippen molar-refractivity contribution in [2.75, 3.05) is 18.0 Å². The molecule has 1 aliphatic rings. The van der Waals surface area contributed by atoms with E-state index >= 15 is 0 Å². The van der Waals surface area contributed by atoms with Gasteiger partial charge in [0.05, 0.1) is 15.8 Å². The molecule has 0 radical (unpaired) electrons. The fourth-order valence-corrected chi connectivity index (χ4v) is 2.98. The third-order valence-electron chi connectivity index (χ3n) is 3.92. The van der Waals surface area contributed by atoms with Crippen LogP contribution in [-0.2, 0) is 0 Å². The molecule has 0 N–H and O–H groups in total. The summed E-state index contributed by atoms with van der Waals surface area (Å²) < 4.78 is 0. The van der Waals surface area contributed by atoms with E-state index in [1.165, 1.54) is 6.42 Å². The van der Waals surface area contributed by atoms with Crippen LogP contribution in [0.1, 0.15) is 19.8 Å². The van der Waals surface area contributed by atoms with E-state index < -0.39 is 0 Å². The standard InChI is InChI=1S/C15H17N3O2/c1-11-4-3-9-17(10-11)14-7-6-13-12(5-2-8-16-13)15(14)18(19)20/h2,5-8,11H,3-4,9-10H2,1H3/t11-/m1/s1. The molecule has 0 unspecified atom stereocenters. The zero-order valence-electron chi connectivity index (χ0n) is 11.5. The minimum atomic E-state index is -0.279. The van der Waals surface area contributed by atoms with Crippen LogP contribution >= 0.6 is 0 Å². The largest absolute Gasteiger partial charge is 0.366 e. The van der Waals surface area contributed by atoms with Crippen molar-refractivity contribution in [1.82, 2.24) is 4.98 Å². The minimum absolute atomic E-state index is 0.185. The maximum Gasteiger partial charge on any atom is 0.301 e. The molecule has 5 nitrogen and oxygen atoms in total. The Labute approximate surface area is 117 Å². The molecule has 1 aromatic heterocycles. The van der Waals surface area contributed by atoms with Gasteiger partial charge in [-0.05, 0) is 43.0 Å². The number of hydrogen-bond acceptors (Lipinski definition) is 4. The zero-order chi connectivity index (χ0) is 14.1. The highest BCUT2D eigenvalue weighted by atomic mass is 16.6. The molecular formula is C15H17N3O2. The topological polar surface area (TPSA) is 59.3 Å². The Morgan fingerprint density at radius 2 is 2.25 bits per heavy atom. The second-order valence-electron chi connectivity index (χ2n) is 5.45. The number of fused-ring (bicyclic) bond motifs is 1. The number of hydrogen-bond donors (Lipinski definition) is 0. The van der Waals surface area contributed by atoms with Crippen LogP contribution in [0.15, 0.2) is 30.5 Å². The van der Waals surface area contributed by atoms with E-state index in [1.807, 2.05) is 12.1 Å². The molecule has 1 saturated heterocycles. The van der Waals surface area contributed by atoms with E-state index in [0.29, 0.717) is 16.8 Å². The molecule has 0 spiro atoms. The van der Waals surface area contributed by atoms with Crippen LogP contribution in [0.2, 0.25) is 0 Å². The monoisotopic (exact) mass is 271 g/mol. The molecule has 0 aliphatic carbocycles. The van der Waals surface area contributed by atoms with E-state index in [-0.39, 0.29) is 10.6 Å². The van der Waals surface area contributed by atoms with Crippen LogP contribution in [0.3, 0.4) is 0 Å². The second-order valence-corrected chi connectivity index (χ2v) is 5.45. The van der Waals surface area contributed by atoms with E-state index in [1.54, 1.807) is 18.3 Å². The fraction of sp³-hybridized carbons (Fsp3) is 0.400. The summed E-state index contributed by atoms with van der Waals surface area (Å²) in [6.07, 6.45) is 3.94. The predicted molar refractivity (Wildman–Crippen MR) is 79.0 cm³/mol. The van der Waals surface area contributed by atoms with Crippen LogP contribution in [-0.4, -0.2) is 23.0 Å². The lowest BCUT2D eigenvalue weighted by Gasteiger charge is -2.32. The minimum Gasteiger partial charge on any atom is -0.366 e. The van der Waals surface area contributed by atoms with Crippen LogP contribution in [0, 0.1) is 16.0 Å². The Balaban J connectivity index is 2.14. The average molecular weight is 271 g/mol. The molecule has 2 heterocycles. The number of nitro groups is 1. The molecule has 20 heavy (non-hydrogen) atoms. The van der Waals surface area contributed by atoms with Crippen LogP contribution < -0.4 is 4.90 Å². The molecule has 2 aromatic rings. The van der Waals surface area contributed by atoms with E-state index in [4.69, 9.17) is 0 Å². The number of piperidine rings is 1. The molecule has 0 amide bonds. The van der Waals surface area contributed by atoms with Crippen LogP contribution in [0.4, 0.5) is 11.4 Å². The van der Waals surface area contributed by atoms with Crippen LogP contribution in [0.25, 0.3) is 10.9 Å². The fourth-order valence-electron chi connectivity index (χ4n) is 2.98. The van der Waals surface area contributed by atoms with E-state index in [0.717, 1.165) is 25.2 Å². The van der Waals surface area contributed by atoms with Gasteiger partial charge in [-0.1, -0.05) is 6.92 Å². The van der Waals surface area contributed by atoms with Crippen molar-refractivity contribution in [1.29, 1.82) is 0 Å². The smallest absolute Gasteiger partial charge is 0.301 e. The molecule has 1 aromatic carbocycles. The quantitative estimate of drug-likeness (QED) is 0.620. The number of nitrogens with zero attached hydrogens (tertiary/aromatic N) is 3. The number of nitro benzene ring substituents is 1. The van der Waals surface area contributed by atoms with Gasteiger partial charge < -0.3 is 4.90 Å². The lowest BCUT2D eigenvalue weighted by atomic mass is 9.99. The molecule has 0 saturated carbocycles. The van der Waals surface area contributed by atoms with Crippen molar-refractivity contribution in [3.63, 3.8) is 0 Å². The summed E-state index contributed by atoms with van der Waals surface area (Å²) in [5.74, 6) is 0.577. The Morgan fingerprint density at radius 1 is 1.40 bits per heavy atom. The average Bonchev–Trinajstić information content (AvgIpc) is 2.45. The summed E-state index contributed by atoms with van der Waals surface area (Å²) >= 11 is 0.